The first-order valence-corrected chi connectivity index (χ1v) is 7.53. The number of H-pyrrole nitrogens is 1. The minimum absolute atomic E-state index is 0.0242. The van der Waals surface area contributed by atoms with Crippen molar-refractivity contribution in [2.45, 2.75) is 12.8 Å². The maximum absolute atomic E-state index is 12.2. The zero-order chi connectivity index (χ0) is 17.3. The summed E-state index contributed by atoms with van der Waals surface area (Å²) in [6, 6.07) is 3.14. The van der Waals surface area contributed by atoms with Gasteiger partial charge in [-0.15, -0.1) is 0 Å². The number of ether oxygens (including phenoxy) is 1. The van der Waals surface area contributed by atoms with Crippen LogP contribution in [0.25, 0.3) is 11.5 Å². The molecule has 2 aliphatic rings. The van der Waals surface area contributed by atoms with E-state index in [1.165, 1.54) is 6.33 Å². The maximum atomic E-state index is 12.2. The van der Waals surface area contributed by atoms with Gasteiger partial charge in [0.25, 0.3) is 6.43 Å². The number of imidazole rings is 1. The lowest BCUT2D eigenvalue weighted by Crippen LogP contribution is -2.08. The number of hydrogen-bond donors (Lipinski definition) is 2. The van der Waals surface area contributed by atoms with Crippen molar-refractivity contribution in [1.82, 2.24) is 19.9 Å². The molecule has 0 saturated carbocycles. The molecule has 126 valence electrons. The molecule has 2 heterocycles. The zero-order valence-electron chi connectivity index (χ0n) is 12.1. The Kier molecular flexibility index (Phi) is 4.68. The minimum Gasteiger partial charge on any atom is -0.485 e. The van der Waals surface area contributed by atoms with E-state index in [0.29, 0.717) is 29.3 Å². The van der Waals surface area contributed by atoms with Gasteiger partial charge in [0.15, 0.2) is 17.4 Å². The monoisotopic (exact) mass is 373 g/mol. The summed E-state index contributed by atoms with van der Waals surface area (Å²) in [6.45, 7) is -0.781. The Morgan fingerprint density at radius 1 is 1.21 bits per heavy atom. The van der Waals surface area contributed by atoms with Gasteiger partial charge in [0.1, 0.15) is 24.5 Å². The number of anilines is 1. The molecule has 1 aromatic rings. The molecule has 1 aromatic carbocycles. The number of halogens is 4. The number of aromatic amines is 1. The van der Waals surface area contributed by atoms with Crippen molar-refractivity contribution in [3.05, 3.63) is 39.9 Å². The number of nitrogen functional groups attached to an aromatic ring is 1. The molecule has 0 radical (unpaired) electrons. The van der Waals surface area contributed by atoms with Crippen LogP contribution in [0.1, 0.15) is 11.4 Å². The SMILES string of the molecule is Nc1nc(Cc2cc(Cl)c(OCC(F)F)c(Cl)c2)[nH]c2ncnc1-2. The summed E-state index contributed by atoms with van der Waals surface area (Å²) in [4.78, 5) is 15.3. The van der Waals surface area contributed by atoms with Crippen molar-refractivity contribution < 1.29 is 13.5 Å². The Labute approximate surface area is 145 Å². The van der Waals surface area contributed by atoms with Crippen LogP contribution in [-0.4, -0.2) is 33.0 Å². The predicted molar refractivity (Wildman–Crippen MR) is 86.0 cm³/mol. The predicted octanol–water partition coefficient (Wildman–Crippen LogP) is 3.43. The number of alkyl halides is 2. The van der Waals surface area contributed by atoms with Gasteiger partial charge in [0.2, 0.25) is 0 Å². The van der Waals surface area contributed by atoms with Gasteiger partial charge in [0, 0.05) is 6.42 Å². The number of fused-ring (bicyclic) bond motifs is 1. The molecule has 6 nitrogen and oxygen atoms in total. The lowest BCUT2D eigenvalue weighted by Gasteiger charge is -2.12. The van der Waals surface area contributed by atoms with Crippen LogP contribution >= 0.6 is 23.2 Å². The Morgan fingerprint density at radius 2 is 1.92 bits per heavy atom. The van der Waals surface area contributed by atoms with Crippen LogP contribution < -0.4 is 10.5 Å². The van der Waals surface area contributed by atoms with Crippen LogP contribution in [0.4, 0.5) is 14.6 Å². The topological polar surface area (TPSA) is 89.7 Å². The molecule has 0 amide bonds. The van der Waals surface area contributed by atoms with Crippen molar-refractivity contribution in [3.63, 3.8) is 0 Å². The third-order valence-electron chi connectivity index (χ3n) is 3.14. The summed E-state index contributed by atoms with van der Waals surface area (Å²) in [5.74, 6) is 1.34. The van der Waals surface area contributed by atoms with E-state index in [4.69, 9.17) is 33.7 Å². The Bertz CT molecular complexity index is 819. The first-order valence-electron chi connectivity index (χ1n) is 6.78. The van der Waals surface area contributed by atoms with Gasteiger partial charge >= 0.3 is 0 Å². The molecule has 0 spiro atoms. The number of aromatic nitrogens is 4. The second-order valence-corrected chi connectivity index (χ2v) is 5.72. The normalized spacial score (nSPS) is 11.4. The van der Waals surface area contributed by atoms with Gasteiger partial charge in [-0.1, -0.05) is 23.2 Å². The molecule has 3 rings (SSSR count). The van der Waals surface area contributed by atoms with Crippen molar-refractivity contribution in [2.75, 3.05) is 12.3 Å². The fourth-order valence-corrected chi connectivity index (χ4v) is 2.83. The first kappa shape index (κ1) is 16.7. The molecule has 0 unspecified atom stereocenters. The molecule has 2 aliphatic heterocycles. The van der Waals surface area contributed by atoms with E-state index >= 15 is 0 Å². The number of benzene rings is 1. The van der Waals surface area contributed by atoms with E-state index in [2.05, 4.69) is 19.9 Å². The second kappa shape index (κ2) is 6.74. The van der Waals surface area contributed by atoms with E-state index < -0.39 is 13.0 Å². The quantitative estimate of drug-likeness (QED) is 0.714. The summed E-state index contributed by atoms with van der Waals surface area (Å²) < 4.78 is 29.4. The highest BCUT2D eigenvalue weighted by Crippen LogP contribution is 2.35. The standard InChI is InChI=1S/C14H11Cl2F2N5O/c15-7-1-6(2-8(16)12(7)24-4-9(17)18)3-10-22-13(19)11-14(23-10)21-5-20-11/h1-2,5,9H,3-4H2,(H3,19,20,21,22,23). The fourth-order valence-electron chi connectivity index (χ4n) is 2.18. The number of nitrogens with two attached hydrogens (primary N) is 1. The Balaban J connectivity index is 1.86. The van der Waals surface area contributed by atoms with Crippen LogP contribution in [0.15, 0.2) is 18.5 Å². The Morgan fingerprint density at radius 3 is 2.58 bits per heavy atom. The minimum atomic E-state index is -2.61. The molecule has 24 heavy (non-hydrogen) atoms. The van der Waals surface area contributed by atoms with Crippen LogP contribution in [0.2, 0.25) is 10.0 Å². The largest absolute Gasteiger partial charge is 0.485 e. The van der Waals surface area contributed by atoms with Gasteiger partial charge < -0.3 is 15.5 Å². The van der Waals surface area contributed by atoms with E-state index in [1.54, 1.807) is 12.1 Å². The second-order valence-electron chi connectivity index (χ2n) is 4.91. The van der Waals surface area contributed by atoms with Crippen LogP contribution in [0.5, 0.6) is 5.75 Å². The molecule has 0 saturated heterocycles. The summed E-state index contributed by atoms with van der Waals surface area (Å²) in [5, 5.41) is 0.278. The lowest BCUT2D eigenvalue weighted by molar-refractivity contribution is 0.0820. The lowest BCUT2D eigenvalue weighted by atomic mass is 10.1. The number of hydrogen-bond acceptors (Lipinski definition) is 5. The number of rotatable bonds is 5. The first-order chi connectivity index (χ1) is 11.4. The van der Waals surface area contributed by atoms with Gasteiger partial charge in [-0.25, -0.2) is 23.7 Å². The third kappa shape index (κ3) is 3.49. The van der Waals surface area contributed by atoms with E-state index in [-0.39, 0.29) is 21.6 Å². The van der Waals surface area contributed by atoms with Crippen LogP contribution in [0, 0.1) is 0 Å². The molecule has 0 aromatic heterocycles. The highest BCUT2D eigenvalue weighted by atomic mass is 35.5. The summed E-state index contributed by atoms with van der Waals surface area (Å²) in [5.41, 5.74) is 7.03. The summed E-state index contributed by atoms with van der Waals surface area (Å²) >= 11 is 12.1. The summed E-state index contributed by atoms with van der Waals surface area (Å²) in [6.07, 6.45) is -0.899. The average Bonchev–Trinajstić information content (AvgIpc) is 2.95. The molecule has 0 atom stereocenters. The number of nitrogens with one attached hydrogen (secondary N) is 1. The molecule has 10 heteroatoms. The molecule has 0 aliphatic carbocycles. The van der Waals surface area contributed by atoms with Crippen molar-refractivity contribution >= 4 is 29.0 Å². The van der Waals surface area contributed by atoms with E-state index in [0.717, 1.165) is 0 Å². The highest BCUT2D eigenvalue weighted by molar-refractivity contribution is 6.37. The smallest absolute Gasteiger partial charge is 0.272 e. The fraction of sp³-hybridized carbons (Fsp3) is 0.214. The van der Waals surface area contributed by atoms with E-state index in [9.17, 15) is 8.78 Å². The van der Waals surface area contributed by atoms with Gasteiger partial charge in [-0.05, 0) is 17.7 Å². The van der Waals surface area contributed by atoms with Gasteiger partial charge in [-0.3, -0.25) is 0 Å². The van der Waals surface area contributed by atoms with Gasteiger partial charge in [0.05, 0.1) is 10.0 Å². The van der Waals surface area contributed by atoms with Crippen LogP contribution in [0.3, 0.4) is 0 Å². The number of nitrogens with zero attached hydrogens (tertiary/aromatic N) is 3. The van der Waals surface area contributed by atoms with Crippen molar-refractivity contribution in [2.24, 2.45) is 0 Å². The summed E-state index contributed by atoms with van der Waals surface area (Å²) in [7, 11) is 0. The molecule has 3 N–H and O–H groups in total. The van der Waals surface area contributed by atoms with E-state index in [1.807, 2.05) is 0 Å². The third-order valence-corrected chi connectivity index (χ3v) is 3.70. The highest BCUT2D eigenvalue weighted by Gasteiger charge is 2.16. The average molecular weight is 374 g/mol. The van der Waals surface area contributed by atoms with Crippen LogP contribution in [-0.2, 0) is 6.42 Å². The zero-order valence-corrected chi connectivity index (χ0v) is 13.6. The molecular weight excluding hydrogens is 363 g/mol. The molecule has 0 bridgehead atoms. The molecular formula is C14H11Cl2F2N5O. The van der Waals surface area contributed by atoms with Gasteiger partial charge in [-0.2, -0.15) is 0 Å². The Hall–Kier alpha value is -2.19. The molecule has 0 fully saturated rings. The van der Waals surface area contributed by atoms with Crippen molar-refractivity contribution in [1.29, 1.82) is 0 Å². The maximum Gasteiger partial charge on any atom is 0.272 e. The van der Waals surface area contributed by atoms with Crippen molar-refractivity contribution in [3.8, 4) is 17.3 Å².